The van der Waals surface area contributed by atoms with Gasteiger partial charge in [-0.2, -0.15) is 10.2 Å². The summed E-state index contributed by atoms with van der Waals surface area (Å²) in [5.74, 6) is -1.48. The Labute approximate surface area is 108 Å². The molecule has 2 heterocycles. The van der Waals surface area contributed by atoms with E-state index in [4.69, 9.17) is 5.11 Å². The van der Waals surface area contributed by atoms with Crippen LogP contribution in [0.1, 0.15) is 16.2 Å². The van der Waals surface area contributed by atoms with Crippen molar-refractivity contribution < 1.29 is 14.7 Å². The van der Waals surface area contributed by atoms with Gasteiger partial charge in [0.05, 0.1) is 17.6 Å². The minimum absolute atomic E-state index is 0.0296. The zero-order valence-corrected chi connectivity index (χ0v) is 10.5. The van der Waals surface area contributed by atoms with E-state index < -0.39 is 5.97 Å². The number of carbonyl (C=O) groups is 2. The number of hydrogen-bond acceptors (Lipinski definition) is 4. The molecule has 0 aliphatic rings. The van der Waals surface area contributed by atoms with Gasteiger partial charge >= 0.3 is 5.97 Å². The fraction of sp³-hybridized carbons (Fsp3) is 0.273. The van der Waals surface area contributed by atoms with Gasteiger partial charge in [-0.3, -0.25) is 9.48 Å². The number of nitrogens with zero attached hydrogens (tertiary/aromatic N) is 4. The second kappa shape index (κ2) is 4.92. The van der Waals surface area contributed by atoms with Crippen LogP contribution in [0.25, 0.3) is 0 Å². The lowest BCUT2D eigenvalue weighted by molar-refractivity contribution is -0.116. The van der Waals surface area contributed by atoms with Crippen molar-refractivity contribution in [3.63, 3.8) is 0 Å². The van der Waals surface area contributed by atoms with Crippen molar-refractivity contribution in [1.29, 1.82) is 0 Å². The molecular weight excluding hydrogens is 250 g/mol. The number of hydrogen-bond donors (Lipinski definition) is 2. The van der Waals surface area contributed by atoms with Crippen LogP contribution in [0.5, 0.6) is 0 Å². The molecule has 0 unspecified atom stereocenters. The Morgan fingerprint density at radius 1 is 1.42 bits per heavy atom. The van der Waals surface area contributed by atoms with Gasteiger partial charge in [0.25, 0.3) is 0 Å². The quantitative estimate of drug-likeness (QED) is 0.823. The molecule has 100 valence electrons. The Balaban J connectivity index is 2.08. The van der Waals surface area contributed by atoms with Crippen molar-refractivity contribution in [3.8, 4) is 0 Å². The molecule has 2 rings (SSSR count). The van der Waals surface area contributed by atoms with Gasteiger partial charge in [0.1, 0.15) is 12.2 Å². The van der Waals surface area contributed by atoms with E-state index in [1.165, 1.54) is 18.5 Å². The number of aromatic carboxylic acids is 1. The number of carboxylic acid groups (broad SMARTS) is 1. The predicted octanol–water partition coefficient (Wildman–Crippen LogP) is 0.262. The first kappa shape index (κ1) is 12.8. The van der Waals surface area contributed by atoms with Crippen molar-refractivity contribution in [2.24, 2.45) is 7.05 Å². The molecule has 8 heteroatoms. The molecular formula is C11H13N5O3. The third kappa shape index (κ3) is 2.62. The highest BCUT2D eigenvalue weighted by Crippen LogP contribution is 2.12. The lowest BCUT2D eigenvalue weighted by Gasteiger charge is -2.06. The smallest absolute Gasteiger partial charge is 0.354 e. The van der Waals surface area contributed by atoms with E-state index in [9.17, 15) is 9.59 Å². The summed E-state index contributed by atoms with van der Waals surface area (Å²) >= 11 is 0. The third-order valence-corrected chi connectivity index (χ3v) is 2.74. The Morgan fingerprint density at radius 3 is 2.74 bits per heavy atom. The molecule has 0 saturated heterocycles. The Bertz CT molecular complexity index is 628. The van der Waals surface area contributed by atoms with Crippen LogP contribution in [0.4, 0.5) is 5.69 Å². The number of anilines is 1. The van der Waals surface area contributed by atoms with Crippen LogP contribution in [0.2, 0.25) is 0 Å². The van der Waals surface area contributed by atoms with Crippen molar-refractivity contribution in [1.82, 2.24) is 19.6 Å². The summed E-state index contributed by atoms with van der Waals surface area (Å²) in [6, 6.07) is 1.34. The van der Waals surface area contributed by atoms with Gasteiger partial charge in [-0.25, -0.2) is 9.48 Å². The summed E-state index contributed by atoms with van der Waals surface area (Å²) in [5, 5.41) is 19.4. The summed E-state index contributed by atoms with van der Waals surface area (Å²) in [6.07, 6.45) is 2.88. The molecule has 2 aromatic heterocycles. The number of nitrogens with one attached hydrogen (secondary N) is 1. The average Bonchev–Trinajstić information content (AvgIpc) is 2.91. The zero-order valence-electron chi connectivity index (χ0n) is 10.5. The molecule has 0 aliphatic carbocycles. The highest BCUT2D eigenvalue weighted by atomic mass is 16.4. The zero-order chi connectivity index (χ0) is 14.0. The number of amides is 1. The third-order valence-electron chi connectivity index (χ3n) is 2.74. The number of aromatic nitrogens is 4. The molecule has 19 heavy (non-hydrogen) atoms. The first-order valence-electron chi connectivity index (χ1n) is 5.52. The largest absolute Gasteiger partial charge is 0.477 e. The lowest BCUT2D eigenvalue weighted by Crippen LogP contribution is -2.22. The predicted molar refractivity (Wildman–Crippen MR) is 65.8 cm³/mol. The van der Waals surface area contributed by atoms with Gasteiger partial charge in [-0.05, 0) is 13.0 Å². The van der Waals surface area contributed by atoms with Gasteiger partial charge < -0.3 is 10.4 Å². The van der Waals surface area contributed by atoms with E-state index in [0.29, 0.717) is 5.69 Å². The molecule has 0 radical (unpaired) electrons. The van der Waals surface area contributed by atoms with Gasteiger partial charge in [0, 0.05) is 13.2 Å². The van der Waals surface area contributed by atoms with E-state index in [0.717, 1.165) is 10.4 Å². The number of carbonyl (C=O) groups excluding carboxylic acids is 1. The van der Waals surface area contributed by atoms with Crippen molar-refractivity contribution in [3.05, 3.63) is 29.8 Å². The van der Waals surface area contributed by atoms with Crippen molar-refractivity contribution in [2.45, 2.75) is 13.5 Å². The molecule has 0 saturated carbocycles. The highest BCUT2D eigenvalue weighted by molar-refractivity contribution is 5.92. The fourth-order valence-corrected chi connectivity index (χ4v) is 1.59. The number of carboxylic acids is 1. The topological polar surface area (TPSA) is 102 Å². The molecule has 2 N–H and O–H groups in total. The summed E-state index contributed by atoms with van der Waals surface area (Å²) in [4.78, 5) is 22.7. The van der Waals surface area contributed by atoms with Crippen molar-refractivity contribution >= 4 is 17.6 Å². The second-order valence-corrected chi connectivity index (χ2v) is 3.99. The van der Waals surface area contributed by atoms with Crippen LogP contribution in [-0.2, 0) is 18.4 Å². The van der Waals surface area contributed by atoms with E-state index in [1.807, 2.05) is 6.92 Å². The Hall–Kier alpha value is -2.64. The number of aryl methyl sites for hydroxylation is 1. The maximum absolute atomic E-state index is 11.8. The van der Waals surface area contributed by atoms with Crippen LogP contribution in [0.3, 0.4) is 0 Å². The lowest BCUT2D eigenvalue weighted by atomic mass is 10.4. The van der Waals surface area contributed by atoms with Crippen molar-refractivity contribution in [2.75, 3.05) is 5.32 Å². The first-order valence-corrected chi connectivity index (χ1v) is 5.52. The first-order chi connectivity index (χ1) is 8.99. The van der Waals surface area contributed by atoms with Crippen LogP contribution in [-0.4, -0.2) is 36.5 Å². The summed E-state index contributed by atoms with van der Waals surface area (Å²) < 4.78 is 2.76. The van der Waals surface area contributed by atoms with Crippen LogP contribution < -0.4 is 5.32 Å². The van der Waals surface area contributed by atoms with E-state index in [1.54, 1.807) is 11.7 Å². The maximum Gasteiger partial charge on any atom is 0.354 e. The standard InChI is InChI=1S/C11H13N5O3/c1-7-8(5-13-15(7)2)14-10(17)6-16-9(11(18)19)3-4-12-16/h3-5H,6H2,1-2H3,(H,14,17)(H,18,19). The van der Waals surface area contributed by atoms with E-state index in [2.05, 4.69) is 15.5 Å². The molecule has 0 atom stereocenters. The summed E-state index contributed by atoms with van der Waals surface area (Å²) in [7, 11) is 1.76. The van der Waals surface area contributed by atoms with E-state index in [-0.39, 0.29) is 18.1 Å². The van der Waals surface area contributed by atoms with Gasteiger partial charge in [-0.1, -0.05) is 0 Å². The Kier molecular flexibility index (Phi) is 3.32. The van der Waals surface area contributed by atoms with Gasteiger partial charge in [0.15, 0.2) is 0 Å². The van der Waals surface area contributed by atoms with Crippen LogP contribution in [0.15, 0.2) is 18.5 Å². The molecule has 0 spiro atoms. The molecule has 8 nitrogen and oxygen atoms in total. The number of rotatable bonds is 4. The molecule has 0 aliphatic heterocycles. The minimum Gasteiger partial charge on any atom is -0.477 e. The molecule has 1 amide bonds. The summed E-state index contributed by atoms with van der Waals surface area (Å²) in [6.45, 7) is 1.65. The average molecular weight is 263 g/mol. The van der Waals surface area contributed by atoms with Gasteiger partial charge in [0.2, 0.25) is 5.91 Å². The SMILES string of the molecule is Cc1c(NC(=O)Cn2nccc2C(=O)O)cnn1C. The molecule has 0 bridgehead atoms. The summed E-state index contributed by atoms with van der Waals surface area (Å²) in [5.41, 5.74) is 1.38. The molecule has 2 aromatic rings. The van der Waals surface area contributed by atoms with E-state index >= 15 is 0 Å². The minimum atomic E-state index is -1.12. The Morgan fingerprint density at radius 2 is 2.16 bits per heavy atom. The molecule has 0 aromatic carbocycles. The van der Waals surface area contributed by atoms with Crippen LogP contribution in [0, 0.1) is 6.92 Å². The normalized spacial score (nSPS) is 10.4. The van der Waals surface area contributed by atoms with Gasteiger partial charge in [-0.15, -0.1) is 0 Å². The maximum atomic E-state index is 11.8. The second-order valence-electron chi connectivity index (χ2n) is 3.99. The molecule has 0 fully saturated rings. The monoisotopic (exact) mass is 263 g/mol. The fourth-order valence-electron chi connectivity index (χ4n) is 1.59. The highest BCUT2D eigenvalue weighted by Gasteiger charge is 2.14. The van der Waals surface area contributed by atoms with Crippen LogP contribution >= 0.6 is 0 Å².